The van der Waals surface area contributed by atoms with Gasteiger partial charge in [0.25, 0.3) is 5.56 Å². The number of benzene rings is 2. The quantitative estimate of drug-likeness (QED) is 0.437. The zero-order valence-corrected chi connectivity index (χ0v) is 14.2. The average Bonchev–Trinajstić information content (AvgIpc) is 2.56. The zero-order chi connectivity index (χ0) is 17.3. The second kappa shape index (κ2) is 6.70. The van der Waals surface area contributed by atoms with E-state index in [4.69, 9.17) is 22.2 Å². The largest absolute Gasteiger partial charge is 0.494 e. The minimum absolute atomic E-state index is 0.179. The molecule has 2 aromatic carbocycles. The molecule has 5 nitrogen and oxygen atoms in total. The Morgan fingerprint density at radius 3 is 2.83 bits per heavy atom. The van der Waals surface area contributed by atoms with Gasteiger partial charge in [0.15, 0.2) is 16.7 Å². The fourth-order valence-electron chi connectivity index (χ4n) is 2.20. The summed E-state index contributed by atoms with van der Waals surface area (Å²) in [6, 6.07) is 9.47. The minimum atomic E-state index is -0.445. The van der Waals surface area contributed by atoms with Crippen molar-refractivity contribution in [1.82, 2.24) is 9.66 Å². The van der Waals surface area contributed by atoms with E-state index in [1.54, 1.807) is 30.3 Å². The predicted octanol–water partition coefficient (Wildman–Crippen LogP) is 3.20. The molecule has 3 aromatic rings. The van der Waals surface area contributed by atoms with Crippen LogP contribution in [0, 0.1) is 5.82 Å². The van der Waals surface area contributed by atoms with Gasteiger partial charge in [-0.15, -0.1) is 0 Å². The third-order valence-corrected chi connectivity index (χ3v) is 4.67. The standard InChI is InChI=1S/C16H13ClFN3O2S/c1-23-14-5-2-9(6-12(14)18)8-24-16-20-13-7-10(17)3-4-11(13)15(22)21(16)19/h2-7H,8,19H2,1H3. The fourth-order valence-corrected chi connectivity index (χ4v) is 3.23. The maximum absolute atomic E-state index is 13.7. The van der Waals surface area contributed by atoms with E-state index in [1.165, 1.54) is 24.9 Å². The second-order valence-corrected chi connectivity index (χ2v) is 6.37. The molecule has 0 saturated heterocycles. The summed E-state index contributed by atoms with van der Waals surface area (Å²) in [5, 5.41) is 1.20. The van der Waals surface area contributed by atoms with E-state index in [-0.39, 0.29) is 11.3 Å². The summed E-state index contributed by atoms with van der Waals surface area (Å²) in [6.45, 7) is 0. The molecule has 0 aliphatic carbocycles. The van der Waals surface area contributed by atoms with Crippen molar-refractivity contribution in [2.75, 3.05) is 13.0 Å². The number of ether oxygens (including phenoxy) is 1. The molecular formula is C16H13ClFN3O2S. The summed E-state index contributed by atoms with van der Waals surface area (Å²) in [5.74, 6) is 5.95. The minimum Gasteiger partial charge on any atom is -0.494 e. The molecule has 1 heterocycles. The van der Waals surface area contributed by atoms with Crippen LogP contribution in [0.2, 0.25) is 5.02 Å². The molecule has 0 spiro atoms. The van der Waals surface area contributed by atoms with Gasteiger partial charge in [0.2, 0.25) is 0 Å². The molecule has 0 amide bonds. The molecule has 0 unspecified atom stereocenters. The number of fused-ring (bicyclic) bond motifs is 1. The van der Waals surface area contributed by atoms with Crippen LogP contribution in [-0.4, -0.2) is 16.8 Å². The lowest BCUT2D eigenvalue weighted by Gasteiger charge is -2.09. The molecule has 0 aliphatic heterocycles. The lowest BCUT2D eigenvalue weighted by molar-refractivity contribution is 0.386. The van der Waals surface area contributed by atoms with Gasteiger partial charge in [-0.3, -0.25) is 4.79 Å². The van der Waals surface area contributed by atoms with Crippen LogP contribution in [-0.2, 0) is 5.75 Å². The molecular weight excluding hydrogens is 353 g/mol. The Morgan fingerprint density at radius 2 is 2.12 bits per heavy atom. The molecule has 8 heteroatoms. The first-order valence-electron chi connectivity index (χ1n) is 6.92. The fraction of sp³-hybridized carbons (Fsp3) is 0.125. The summed E-state index contributed by atoms with van der Waals surface area (Å²) in [4.78, 5) is 16.6. The number of nitrogens with zero attached hydrogens (tertiary/aromatic N) is 2. The predicted molar refractivity (Wildman–Crippen MR) is 93.7 cm³/mol. The van der Waals surface area contributed by atoms with Gasteiger partial charge in [-0.25, -0.2) is 14.1 Å². The Kier molecular flexibility index (Phi) is 4.64. The maximum atomic E-state index is 13.7. The van der Waals surface area contributed by atoms with Crippen LogP contribution in [0.15, 0.2) is 46.3 Å². The van der Waals surface area contributed by atoms with E-state index in [9.17, 15) is 9.18 Å². The molecule has 2 N–H and O–H groups in total. The van der Waals surface area contributed by atoms with Crippen LogP contribution in [0.4, 0.5) is 4.39 Å². The van der Waals surface area contributed by atoms with E-state index in [2.05, 4.69) is 4.98 Å². The van der Waals surface area contributed by atoms with Gasteiger partial charge in [-0.2, -0.15) is 0 Å². The van der Waals surface area contributed by atoms with Crippen LogP contribution in [0.5, 0.6) is 5.75 Å². The first-order valence-corrected chi connectivity index (χ1v) is 8.28. The number of hydrogen-bond donors (Lipinski definition) is 1. The summed E-state index contributed by atoms with van der Waals surface area (Å²) in [7, 11) is 1.41. The van der Waals surface area contributed by atoms with E-state index < -0.39 is 5.82 Å². The monoisotopic (exact) mass is 365 g/mol. The first kappa shape index (κ1) is 16.6. The van der Waals surface area contributed by atoms with Gasteiger partial charge in [0, 0.05) is 10.8 Å². The summed E-state index contributed by atoms with van der Waals surface area (Å²) >= 11 is 7.18. The number of hydrogen-bond acceptors (Lipinski definition) is 5. The molecule has 0 fully saturated rings. The van der Waals surface area contributed by atoms with Crippen molar-refractivity contribution in [2.45, 2.75) is 10.9 Å². The highest BCUT2D eigenvalue weighted by Crippen LogP contribution is 2.25. The molecule has 0 radical (unpaired) electrons. The molecule has 24 heavy (non-hydrogen) atoms. The van der Waals surface area contributed by atoms with Crippen molar-refractivity contribution in [3.8, 4) is 5.75 Å². The highest BCUT2D eigenvalue weighted by atomic mass is 35.5. The SMILES string of the molecule is COc1ccc(CSc2nc3cc(Cl)ccc3c(=O)n2N)cc1F. The van der Waals surface area contributed by atoms with Gasteiger partial charge in [0.1, 0.15) is 0 Å². The Hall–Kier alpha value is -2.25. The lowest BCUT2D eigenvalue weighted by atomic mass is 10.2. The number of methoxy groups -OCH3 is 1. The molecule has 0 bridgehead atoms. The molecule has 3 rings (SSSR count). The topological polar surface area (TPSA) is 70.1 Å². The van der Waals surface area contributed by atoms with Gasteiger partial charge in [-0.1, -0.05) is 29.4 Å². The Balaban J connectivity index is 1.91. The number of nitrogens with two attached hydrogens (primary N) is 1. The maximum Gasteiger partial charge on any atom is 0.280 e. The zero-order valence-electron chi connectivity index (χ0n) is 12.6. The Bertz CT molecular complexity index is 977. The average molecular weight is 366 g/mol. The molecule has 0 saturated carbocycles. The normalized spacial score (nSPS) is 11.0. The number of rotatable bonds is 4. The van der Waals surface area contributed by atoms with Crippen molar-refractivity contribution in [1.29, 1.82) is 0 Å². The number of thioether (sulfide) groups is 1. The number of halogens is 2. The Labute approximate surface area is 146 Å². The van der Waals surface area contributed by atoms with Gasteiger partial charge in [0.05, 0.1) is 18.0 Å². The third-order valence-electron chi connectivity index (χ3n) is 3.42. The molecule has 0 atom stereocenters. The highest BCUT2D eigenvalue weighted by Gasteiger charge is 2.11. The highest BCUT2D eigenvalue weighted by molar-refractivity contribution is 7.98. The van der Waals surface area contributed by atoms with Crippen LogP contribution in [0.1, 0.15) is 5.56 Å². The van der Waals surface area contributed by atoms with Crippen molar-refractivity contribution < 1.29 is 9.13 Å². The van der Waals surface area contributed by atoms with Crippen LogP contribution in [0.25, 0.3) is 10.9 Å². The van der Waals surface area contributed by atoms with E-state index in [0.29, 0.717) is 26.8 Å². The molecule has 124 valence electrons. The third kappa shape index (κ3) is 3.18. The van der Waals surface area contributed by atoms with E-state index in [1.807, 2.05) is 0 Å². The van der Waals surface area contributed by atoms with Gasteiger partial charge >= 0.3 is 0 Å². The summed E-state index contributed by atoms with van der Waals surface area (Å²) < 4.78 is 19.6. The van der Waals surface area contributed by atoms with Gasteiger partial charge < -0.3 is 10.6 Å². The lowest BCUT2D eigenvalue weighted by Crippen LogP contribution is -2.29. The van der Waals surface area contributed by atoms with Crippen LogP contribution in [0.3, 0.4) is 0 Å². The van der Waals surface area contributed by atoms with Crippen LogP contribution < -0.4 is 16.1 Å². The van der Waals surface area contributed by atoms with Gasteiger partial charge in [-0.05, 0) is 35.9 Å². The summed E-state index contributed by atoms with van der Waals surface area (Å²) in [5.41, 5.74) is 0.830. The number of nitrogen functional groups attached to an aromatic ring is 1. The Morgan fingerprint density at radius 1 is 1.33 bits per heavy atom. The van der Waals surface area contributed by atoms with Crippen molar-refractivity contribution in [3.63, 3.8) is 0 Å². The van der Waals surface area contributed by atoms with Crippen molar-refractivity contribution in [3.05, 3.63) is 63.2 Å². The molecule has 1 aromatic heterocycles. The van der Waals surface area contributed by atoms with E-state index in [0.717, 1.165) is 10.2 Å². The molecule has 0 aliphatic rings. The first-order chi connectivity index (χ1) is 11.5. The van der Waals surface area contributed by atoms with Crippen molar-refractivity contribution in [2.24, 2.45) is 0 Å². The smallest absolute Gasteiger partial charge is 0.280 e. The summed E-state index contributed by atoms with van der Waals surface area (Å²) in [6.07, 6.45) is 0. The van der Waals surface area contributed by atoms with Crippen molar-refractivity contribution >= 4 is 34.3 Å². The number of aromatic nitrogens is 2. The van der Waals surface area contributed by atoms with Crippen LogP contribution >= 0.6 is 23.4 Å². The second-order valence-electron chi connectivity index (χ2n) is 4.99. The van der Waals surface area contributed by atoms with E-state index >= 15 is 0 Å².